The van der Waals surface area contributed by atoms with Crippen LogP contribution in [0.1, 0.15) is 28.7 Å². The normalized spacial score (nSPS) is 18.8. The van der Waals surface area contributed by atoms with Crippen molar-refractivity contribution >= 4 is 5.91 Å². The molecule has 26 heavy (non-hydrogen) atoms. The highest BCUT2D eigenvalue weighted by Gasteiger charge is 2.50. The van der Waals surface area contributed by atoms with Crippen molar-refractivity contribution < 1.29 is 18.0 Å². The van der Waals surface area contributed by atoms with Gasteiger partial charge >= 0.3 is 0 Å². The molecule has 132 valence electrons. The first-order chi connectivity index (χ1) is 12.5. The molecule has 0 saturated carbocycles. The van der Waals surface area contributed by atoms with E-state index in [1.54, 1.807) is 24.3 Å². The van der Waals surface area contributed by atoms with E-state index in [0.717, 1.165) is 4.90 Å². The Bertz CT molecular complexity index is 917. The monoisotopic (exact) mass is 357 g/mol. The van der Waals surface area contributed by atoms with Crippen LogP contribution in [-0.4, -0.2) is 43.7 Å². The molecule has 1 saturated heterocycles. The van der Waals surface area contributed by atoms with Gasteiger partial charge in [-0.25, -0.2) is 8.78 Å². The average molecular weight is 357 g/mol. The quantitative estimate of drug-likeness (QED) is 0.717. The van der Waals surface area contributed by atoms with Crippen LogP contribution in [0.15, 0.2) is 53.2 Å². The molecule has 0 bridgehead atoms. The van der Waals surface area contributed by atoms with Gasteiger partial charge in [-0.2, -0.15) is 10.2 Å². The van der Waals surface area contributed by atoms with Crippen LogP contribution in [0.5, 0.6) is 0 Å². The zero-order chi connectivity index (χ0) is 18.1. The number of nitrogens with zero attached hydrogens (tertiary/aromatic N) is 5. The van der Waals surface area contributed by atoms with Gasteiger partial charge in [-0.1, -0.05) is 18.2 Å². The number of likely N-dealkylation sites (tertiary alicyclic amines) is 1. The highest BCUT2D eigenvalue weighted by Crippen LogP contribution is 2.41. The Kier molecular flexibility index (Phi) is 3.90. The maximum Gasteiger partial charge on any atom is 0.267 e. The summed E-state index contributed by atoms with van der Waals surface area (Å²) in [6, 6.07) is 9.39. The van der Waals surface area contributed by atoms with E-state index in [-0.39, 0.29) is 17.3 Å². The van der Waals surface area contributed by atoms with Gasteiger partial charge in [-0.3, -0.25) is 4.79 Å². The molecule has 9 heteroatoms. The first-order valence-electron chi connectivity index (χ1n) is 7.88. The number of amides is 1. The van der Waals surface area contributed by atoms with Crippen molar-refractivity contribution in [1.82, 2.24) is 25.3 Å². The standard InChI is InChI=1S/C17H13F2N5O2/c18-17(19)8-13(24(10-17)16(25)12-6-7-20-21-9-12)15-23-22-14(26-15)11-4-2-1-3-5-11/h1-7,9,13H,8,10H2/t13-/m0/s1. The van der Waals surface area contributed by atoms with E-state index in [1.165, 1.54) is 18.5 Å². The van der Waals surface area contributed by atoms with Crippen molar-refractivity contribution in [3.05, 3.63) is 60.2 Å². The molecule has 0 aliphatic carbocycles. The topological polar surface area (TPSA) is 85.0 Å². The minimum Gasteiger partial charge on any atom is -0.418 e. The fraction of sp³-hybridized carbons (Fsp3) is 0.235. The molecular weight excluding hydrogens is 344 g/mol. The number of halogens is 2. The highest BCUT2D eigenvalue weighted by molar-refractivity contribution is 5.94. The van der Waals surface area contributed by atoms with E-state index in [1.807, 2.05) is 6.07 Å². The van der Waals surface area contributed by atoms with Gasteiger partial charge in [0.2, 0.25) is 11.8 Å². The van der Waals surface area contributed by atoms with E-state index in [0.29, 0.717) is 5.56 Å². The number of carbonyl (C=O) groups excluding carboxylic acids is 1. The van der Waals surface area contributed by atoms with Gasteiger partial charge in [0.05, 0.1) is 24.5 Å². The number of benzene rings is 1. The Balaban J connectivity index is 1.66. The Morgan fingerprint density at radius 2 is 1.96 bits per heavy atom. The molecule has 3 aromatic rings. The highest BCUT2D eigenvalue weighted by atomic mass is 19.3. The summed E-state index contributed by atoms with van der Waals surface area (Å²) in [7, 11) is 0. The van der Waals surface area contributed by atoms with Gasteiger partial charge in [0.25, 0.3) is 11.8 Å². The molecule has 1 aromatic carbocycles. The lowest BCUT2D eigenvalue weighted by atomic mass is 10.2. The zero-order valence-corrected chi connectivity index (χ0v) is 13.4. The summed E-state index contributed by atoms with van der Waals surface area (Å²) in [4.78, 5) is 13.7. The Morgan fingerprint density at radius 1 is 1.15 bits per heavy atom. The van der Waals surface area contributed by atoms with Crippen molar-refractivity contribution in [2.75, 3.05) is 6.54 Å². The van der Waals surface area contributed by atoms with Gasteiger partial charge in [-0.15, -0.1) is 10.2 Å². The first-order valence-corrected chi connectivity index (χ1v) is 7.88. The summed E-state index contributed by atoms with van der Waals surface area (Å²) in [5, 5.41) is 15.0. The summed E-state index contributed by atoms with van der Waals surface area (Å²) in [6.07, 6.45) is 1.99. The third-order valence-electron chi connectivity index (χ3n) is 4.11. The van der Waals surface area contributed by atoms with Gasteiger partial charge in [0.1, 0.15) is 6.04 Å². The smallest absolute Gasteiger partial charge is 0.267 e. The zero-order valence-electron chi connectivity index (χ0n) is 13.4. The molecule has 0 unspecified atom stereocenters. The second-order valence-electron chi connectivity index (χ2n) is 5.95. The Morgan fingerprint density at radius 3 is 2.69 bits per heavy atom. The second-order valence-corrected chi connectivity index (χ2v) is 5.95. The molecule has 0 N–H and O–H groups in total. The van der Waals surface area contributed by atoms with Crippen molar-refractivity contribution in [3.63, 3.8) is 0 Å². The van der Waals surface area contributed by atoms with E-state index in [2.05, 4.69) is 20.4 Å². The van der Waals surface area contributed by atoms with Gasteiger partial charge in [0.15, 0.2) is 0 Å². The van der Waals surface area contributed by atoms with Crippen LogP contribution >= 0.6 is 0 Å². The van der Waals surface area contributed by atoms with Crippen LogP contribution < -0.4 is 0 Å². The Hall–Kier alpha value is -3.23. The average Bonchev–Trinajstić information content (AvgIpc) is 3.27. The summed E-state index contributed by atoms with van der Waals surface area (Å²) in [6.45, 7) is -0.720. The van der Waals surface area contributed by atoms with Crippen LogP contribution in [0.2, 0.25) is 0 Å². The van der Waals surface area contributed by atoms with Crippen LogP contribution in [0.3, 0.4) is 0 Å². The van der Waals surface area contributed by atoms with Crippen LogP contribution in [0.25, 0.3) is 11.5 Å². The van der Waals surface area contributed by atoms with Crippen molar-refractivity contribution in [1.29, 1.82) is 0 Å². The van der Waals surface area contributed by atoms with E-state index in [9.17, 15) is 13.6 Å². The van der Waals surface area contributed by atoms with Crippen molar-refractivity contribution in [2.45, 2.75) is 18.4 Å². The first kappa shape index (κ1) is 16.2. The molecular formula is C17H13F2N5O2. The fourth-order valence-corrected chi connectivity index (χ4v) is 2.90. The van der Waals surface area contributed by atoms with Gasteiger partial charge in [-0.05, 0) is 18.2 Å². The molecule has 2 aromatic heterocycles. The summed E-state index contributed by atoms with van der Waals surface area (Å²) < 4.78 is 33.6. The van der Waals surface area contributed by atoms with Crippen LogP contribution in [0.4, 0.5) is 8.78 Å². The lowest BCUT2D eigenvalue weighted by Crippen LogP contribution is -2.33. The van der Waals surface area contributed by atoms with Crippen LogP contribution in [0, 0.1) is 0 Å². The van der Waals surface area contributed by atoms with E-state index in [4.69, 9.17) is 4.42 Å². The second kappa shape index (κ2) is 6.25. The maximum atomic E-state index is 14.0. The lowest BCUT2D eigenvalue weighted by Gasteiger charge is -2.21. The molecule has 1 aliphatic rings. The minimum absolute atomic E-state index is 0.0172. The van der Waals surface area contributed by atoms with Gasteiger partial charge < -0.3 is 9.32 Å². The fourth-order valence-electron chi connectivity index (χ4n) is 2.90. The molecule has 7 nitrogen and oxygen atoms in total. The third-order valence-corrected chi connectivity index (χ3v) is 4.11. The number of rotatable bonds is 3. The lowest BCUT2D eigenvalue weighted by molar-refractivity contribution is 0.0117. The summed E-state index contributed by atoms with van der Waals surface area (Å²) in [5.74, 6) is -3.42. The maximum absolute atomic E-state index is 14.0. The number of carbonyl (C=O) groups is 1. The van der Waals surface area contributed by atoms with E-state index >= 15 is 0 Å². The summed E-state index contributed by atoms with van der Waals surface area (Å²) in [5.41, 5.74) is 0.845. The molecule has 0 radical (unpaired) electrons. The predicted molar refractivity (Wildman–Crippen MR) is 85.1 cm³/mol. The SMILES string of the molecule is O=C(c1ccnnc1)N1CC(F)(F)C[C@H]1c1nnc(-c2ccccc2)o1. The Labute approximate surface area is 146 Å². The molecule has 4 rings (SSSR count). The third kappa shape index (κ3) is 3.03. The molecule has 1 aliphatic heterocycles. The molecule has 1 amide bonds. The van der Waals surface area contributed by atoms with E-state index < -0.39 is 30.8 Å². The molecule has 0 spiro atoms. The summed E-state index contributed by atoms with van der Waals surface area (Å²) >= 11 is 0. The predicted octanol–water partition coefficient (Wildman–Crippen LogP) is 2.75. The molecule has 1 fully saturated rings. The van der Waals surface area contributed by atoms with Crippen molar-refractivity contribution in [2.24, 2.45) is 0 Å². The number of aromatic nitrogens is 4. The number of alkyl halides is 2. The van der Waals surface area contributed by atoms with Crippen molar-refractivity contribution in [3.8, 4) is 11.5 Å². The molecule has 3 heterocycles. The largest absolute Gasteiger partial charge is 0.418 e. The number of hydrogen-bond donors (Lipinski definition) is 0. The van der Waals surface area contributed by atoms with Gasteiger partial charge in [0, 0.05) is 12.0 Å². The number of hydrogen-bond acceptors (Lipinski definition) is 6. The minimum atomic E-state index is -3.04. The van der Waals surface area contributed by atoms with Crippen LogP contribution in [-0.2, 0) is 0 Å². The molecule has 1 atom stereocenters.